The smallest absolute Gasteiger partial charge is 0.324 e. The second-order valence-corrected chi connectivity index (χ2v) is 5.47. The van der Waals surface area contributed by atoms with Crippen LogP contribution in [0.2, 0.25) is 0 Å². The summed E-state index contributed by atoms with van der Waals surface area (Å²) in [6, 6.07) is 10.7. The molecule has 0 aliphatic carbocycles. The molecule has 23 heavy (non-hydrogen) atoms. The lowest BCUT2D eigenvalue weighted by Gasteiger charge is -1.99. The fraction of sp³-hybridized carbons (Fsp3) is 0.0714. The molecule has 2 aromatic heterocycles. The lowest BCUT2D eigenvalue weighted by Crippen LogP contribution is -2.22. The normalized spacial score (nSPS) is 10.4. The van der Waals surface area contributed by atoms with Crippen LogP contribution >= 0.6 is 11.3 Å². The van der Waals surface area contributed by atoms with Crippen molar-refractivity contribution in [2.75, 3.05) is 0 Å². The molecule has 0 saturated carbocycles. The van der Waals surface area contributed by atoms with Crippen molar-refractivity contribution in [3.63, 3.8) is 0 Å². The number of carbonyl (C=O) groups excluding carboxylic acids is 1. The van der Waals surface area contributed by atoms with Gasteiger partial charge in [-0.25, -0.2) is 4.98 Å². The number of carbonyl (C=O) groups is 1. The molecule has 0 saturated heterocycles. The maximum atomic E-state index is 11.9. The molecule has 0 bridgehead atoms. The SMILES string of the molecule is O=C(NCc1nc(-c2ccccc2)n[nH]1)c1csc([N+](=O)[O-])c1. The number of nitro groups is 1. The molecule has 0 atom stereocenters. The lowest BCUT2D eigenvalue weighted by atomic mass is 10.2. The van der Waals surface area contributed by atoms with Gasteiger partial charge in [-0.05, 0) is 0 Å². The first kappa shape index (κ1) is 14.9. The highest BCUT2D eigenvalue weighted by Crippen LogP contribution is 2.22. The fourth-order valence-electron chi connectivity index (χ4n) is 1.90. The molecule has 2 heterocycles. The van der Waals surface area contributed by atoms with Crippen LogP contribution in [0.1, 0.15) is 16.2 Å². The molecule has 1 amide bonds. The number of amides is 1. The van der Waals surface area contributed by atoms with Crippen LogP contribution in [-0.4, -0.2) is 26.0 Å². The standard InChI is InChI=1S/C14H11N5O3S/c20-14(10-6-12(19(21)22)23-8-10)15-7-11-16-13(18-17-11)9-4-2-1-3-5-9/h1-6,8H,7H2,(H,15,20)(H,16,17,18). The summed E-state index contributed by atoms with van der Waals surface area (Å²) < 4.78 is 0. The molecule has 1 aromatic carbocycles. The Bertz CT molecular complexity index is 843. The zero-order valence-electron chi connectivity index (χ0n) is 11.7. The molecule has 116 valence electrons. The van der Waals surface area contributed by atoms with E-state index in [-0.39, 0.29) is 17.1 Å². The van der Waals surface area contributed by atoms with Crippen LogP contribution in [0.4, 0.5) is 5.00 Å². The van der Waals surface area contributed by atoms with Crippen LogP contribution in [0.5, 0.6) is 0 Å². The number of nitrogens with zero attached hydrogens (tertiary/aromatic N) is 3. The third-order valence-corrected chi connectivity index (χ3v) is 3.89. The number of rotatable bonds is 5. The highest BCUT2D eigenvalue weighted by Gasteiger charge is 2.15. The molecule has 0 aliphatic rings. The maximum Gasteiger partial charge on any atom is 0.324 e. The van der Waals surface area contributed by atoms with Crippen molar-refractivity contribution < 1.29 is 9.72 Å². The summed E-state index contributed by atoms with van der Waals surface area (Å²) in [6.45, 7) is 0.155. The van der Waals surface area contributed by atoms with Crippen LogP contribution < -0.4 is 5.32 Å². The quantitative estimate of drug-likeness (QED) is 0.551. The van der Waals surface area contributed by atoms with Gasteiger partial charge in [-0.3, -0.25) is 20.0 Å². The number of benzene rings is 1. The third kappa shape index (κ3) is 3.40. The predicted molar refractivity (Wildman–Crippen MR) is 84.0 cm³/mol. The first-order valence-electron chi connectivity index (χ1n) is 6.61. The maximum absolute atomic E-state index is 11.9. The summed E-state index contributed by atoms with van der Waals surface area (Å²) >= 11 is 0.913. The Hall–Kier alpha value is -3.07. The molecule has 3 rings (SSSR count). The van der Waals surface area contributed by atoms with Gasteiger partial charge in [-0.2, -0.15) is 5.10 Å². The van der Waals surface area contributed by atoms with Crippen molar-refractivity contribution in [3.05, 3.63) is 63.3 Å². The molecule has 0 spiro atoms. The van der Waals surface area contributed by atoms with E-state index < -0.39 is 10.8 Å². The topological polar surface area (TPSA) is 114 Å². The van der Waals surface area contributed by atoms with Gasteiger partial charge in [0, 0.05) is 17.0 Å². The summed E-state index contributed by atoms with van der Waals surface area (Å²) in [6.07, 6.45) is 0. The molecule has 0 aliphatic heterocycles. The number of H-pyrrole nitrogens is 1. The van der Waals surface area contributed by atoms with Gasteiger partial charge in [-0.15, -0.1) is 0 Å². The van der Waals surface area contributed by atoms with Crippen LogP contribution in [0.15, 0.2) is 41.8 Å². The zero-order valence-corrected chi connectivity index (χ0v) is 12.5. The second kappa shape index (κ2) is 6.36. The van der Waals surface area contributed by atoms with Gasteiger partial charge in [0.15, 0.2) is 5.82 Å². The van der Waals surface area contributed by atoms with Crippen molar-refractivity contribution in [3.8, 4) is 11.4 Å². The Morgan fingerprint density at radius 2 is 2.13 bits per heavy atom. The van der Waals surface area contributed by atoms with Crippen molar-refractivity contribution in [1.82, 2.24) is 20.5 Å². The van der Waals surface area contributed by atoms with E-state index in [1.165, 1.54) is 11.4 Å². The monoisotopic (exact) mass is 329 g/mol. The number of thiophene rings is 1. The van der Waals surface area contributed by atoms with Crippen molar-refractivity contribution in [1.29, 1.82) is 0 Å². The summed E-state index contributed by atoms with van der Waals surface area (Å²) in [4.78, 5) is 26.3. The van der Waals surface area contributed by atoms with Gasteiger partial charge in [0.05, 0.1) is 17.0 Å². The second-order valence-electron chi connectivity index (χ2n) is 4.59. The van der Waals surface area contributed by atoms with Crippen molar-refractivity contribution in [2.24, 2.45) is 0 Å². The van der Waals surface area contributed by atoms with E-state index in [2.05, 4.69) is 20.5 Å². The Kier molecular flexibility index (Phi) is 4.11. The molecule has 3 aromatic rings. The van der Waals surface area contributed by atoms with Gasteiger partial charge < -0.3 is 5.32 Å². The summed E-state index contributed by atoms with van der Waals surface area (Å²) in [7, 11) is 0. The Morgan fingerprint density at radius 1 is 1.35 bits per heavy atom. The van der Waals surface area contributed by atoms with Gasteiger partial charge >= 0.3 is 5.00 Å². The molecular weight excluding hydrogens is 318 g/mol. The minimum atomic E-state index is -0.524. The van der Waals surface area contributed by atoms with Crippen LogP contribution in [-0.2, 0) is 6.54 Å². The predicted octanol–water partition coefficient (Wildman–Crippen LogP) is 2.37. The number of nitrogens with one attached hydrogen (secondary N) is 2. The van der Waals surface area contributed by atoms with Crippen LogP contribution in [0.25, 0.3) is 11.4 Å². The molecule has 2 N–H and O–H groups in total. The van der Waals surface area contributed by atoms with Gasteiger partial charge in [0.1, 0.15) is 5.82 Å². The first-order chi connectivity index (χ1) is 11.1. The van der Waals surface area contributed by atoms with Gasteiger partial charge in [-0.1, -0.05) is 41.7 Å². The lowest BCUT2D eigenvalue weighted by molar-refractivity contribution is -0.380. The molecule has 0 unspecified atom stereocenters. The molecule has 9 heteroatoms. The van der Waals surface area contributed by atoms with Crippen LogP contribution in [0.3, 0.4) is 0 Å². The molecule has 0 fully saturated rings. The first-order valence-corrected chi connectivity index (χ1v) is 7.49. The van der Waals surface area contributed by atoms with Crippen molar-refractivity contribution in [2.45, 2.75) is 6.54 Å². The van der Waals surface area contributed by atoms with Gasteiger partial charge in [0.2, 0.25) is 0 Å². The minimum absolute atomic E-state index is 0.0684. The van der Waals surface area contributed by atoms with E-state index in [4.69, 9.17) is 0 Å². The average Bonchev–Trinajstić information content (AvgIpc) is 3.23. The Balaban J connectivity index is 1.63. The van der Waals surface area contributed by atoms with Gasteiger partial charge in [0.25, 0.3) is 5.91 Å². The summed E-state index contributed by atoms with van der Waals surface area (Å²) in [5.74, 6) is 0.648. The van der Waals surface area contributed by atoms with Crippen molar-refractivity contribution >= 4 is 22.2 Å². The van der Waals surface area contributed by atoms with E-state index in [9.17, 15) is 14.9 Å². The molecule has 0 radical (unpaired) electrons. The summed E-state index contributed by atoms with van der Waals surface area (Å²) in [5, 5.41) is 21.5. The number of aromatic amines is 1. The Morgan fingerprint density at radius 3 is 2.83 bits per heavy atom. The third-order valence-electron chi connectivity index (χ3n) is 3.01. The average molecular weight is 329 g/mol. The number of aromatic nitrogens is 3. The Labute approximate surface area is 134 Å². The number of hydrogen-bond donors (Lipinski definition) is 2. The fourth-order valence-corrected chi connectivity index (χ4v) is 2.60. The number of hydrogen-bond acceptors (Lipinski definition) is 6. The zero-order chi connectivity index (χ0) is 16.2. The van der Waals surface area contributed by atoms with E-state index in [1.807, 2.05) is 30.3 Å². The molecule has 8 nitrogen and oxygen atoms in total. The van der Waals surface area contributed by atoms with E-state index in [0.717, 1.165) is 16.9 Å². The minimum Gasteiger partial charge on any atom is -0.345 e. The van der Waals surface area contributed by atoms with E-state index in [0.29, 0.717) is 11.6 Å². The highest BCUT2D eigenvalue weighted by atomic mass is 32.1. The highest BCUT2D eigenvalue weighted by molar-refractivity contribution is 7.13. The summed E-state index contributed by atoms with van der Waals surface area (Å²) in [5.41, 5.74) is 1.12. The largest absolute Gasteiger partial charge is 0.345 e. The van der Waals surface area contributed by atoms with E-state index >= 15 is 0 Å². The molecular formula is C14H11N5O3S. The van der Waals surface area contributed by atoms with E-state index in [1.54, 1.807) is 0 Å². The van der Waals surface area contributed by atoms with Crippen LogP contribution in [0, 0.1) is 10.1 Å².